The Bertz CT molecular complexity index is 417. The molecule has 4 saturated carbocycles. The molecule has 4 aliphatic carbocycles. The van der Waals surface area contributed by atoms with Crippen LogP contribution < -0.4 is 0 Å². The van der Waals surface area contributed by atoms with Crippen molar-refractivity contribution < 1.29 is 21.6 Å². The normalized spacial score (nSPS) is 25.7. The van der Waals surface area contributed by atoms with E-state index in [4.69, 9.17) is 0 Å². The van der Waals surface area contributed by atoms with Crippen LogP contribution in [0.4, 0.5) is 0 Å². The van der Waals surface area contributed by atoms with Crippen LogP contribution in [0.3, 0.4) is 0 Å². The SMILES string of the molecule is C1CCC([PH+](C2CCCCC2)C2CCCCC2)CC1.CC(C)[C@H](C)CC1(O)CCC1.[CH3-].[Ni]. The van der Waals surface area contributed by atoms with Gasteiger partial charge in [0.25, 0.3) is 0 Å². The molecule has 4 fully saturated rings. The summed E-state index contributed by atoms with van der Waals surface area (Å²) in [6, 6.07) is 0. The van der Waals surface area contributed by atoms with Crippen molar-refractivity contribution in [1.29, 1.82) is 0 Å². The Hall–Kier alpha value is 0.884. The van der Waals surface area contributed by atoms with Crippen LogP contribution in [0, 0.1) is 19.3 Å². The quantitative estimate of drug-likeness (QED) is 0.214. The second-order valence-electron chi connectivity index (χ2n) is 12.0. The van der Waals surface area contributed by atoms with Crippen molar-refractivity contribution in [3.63, 3.8) is 0 Å². The van der Waals surface area contributed by atoms with Gasteiger partial charge in [-0.15, -0.1) is 0 Å². The maximum Gasteiger partial charge on any atom is 0.0680 e. The molecule has 0 aromatic heterocycles. The van der Waals surface area contributed by atoms with Crippen LogP contribution in [0.5, 0.6) is 0 Å². The Labute approximate surface area is 213 Å². The summed E-state index contributed by atoms with van der Waals surface area (Å²) in [5.41, 5.74) is 3.41. The second-order valence-corrected chi connectivity index (χ2v) is 15.5. The zero-order valence-corrected chi connectivity index (χ0v) is 24.1. The summed E-state index contributed by atoms with van der Waals surface area (Å²) in [5, 5.41) is 9.83. The minimum absolute atomic E-state index is 0. The molecule has 0 saturated heterocycles. The summed E-state index contributed by atoms with van der Waals surface area (Å²) >= 11 is 0. The van der Waals surface area contributed by atoms with E-state index >= 15 is 0 Å². The molecule has 1 N–H and O–H groups in total. The van der Waals surface area contributed by atoms with Crippen LogP contribution in [-0.4, -0.2) is 27.7 Å². The van der Waals surface area contributed by atoms with Crippen molar-refractivity contribution in [2.45, 2.75) is 165 Å². The average molecular weight is 511 g/mol. The van der Waals surface area contributed by atoms with Crippen molar-refractivity contribution in [2.75, 3.05) is 0 Å². The minimum atomic E-state index is -0.274. The van der Waals surface area contributed by atoms with E-state index in [0.29, 0.717) is 11.8 Å². The first-order valence-corrected chi connectivity index (χ1v) is 15.8. The molecule has 0 radical (unpaired) electrons. The molecule has 0 aliphatic heterocycles. The van der Waals surface area contributed by atoms with E-state index in [9.17, 15) is 5.11 Å². The molecule has 0 aromatic carbocycles. The first kappa shape index (κ1) is 30.9. The zero-order valence-electron chi connectivity index (χ0n) is 22.1. The van der Waals surface area contributed by atoms with Gasteiger partial charge < -0.3 is 12.5 Å². The smallest absolute Gasteiger partial charge is 0.0680 e. The fraction of sp³-hybridized carbons (Fsp3) is 0.966. The molecule has 0 bridgehead atoms. The van der Waals surface area contributed by atoms with Crippen molar-refractivity contribution in [3.8, 4) is 0 Å². The standard InChI is InChI=1S/C18H33P.C10H20O.CH3.Ni/c1-4-10-16(11-5-1)19(17-12-6-2-7-13-17)18-14-8-3-9-15-18;1-8(2)9(3)7-10(11)5-4-6-10;;/h16-18H,1-15H2;8-9,11H,4-7H2,1-3H3;1H3;/q;;-1;/p+1/t;9-;;/m.1../s1. The molecule has 0 amide bonds. The summed E-state index contributed by atoms with van der Waals surface area (Å²) in [7, 11) is -0.0465. The van der Waals surface area contributed by atoms with Gasteiger partial charge in [0.1, 0.15) is 0 Å². The predicted octanol–water partition coefficient (Wildman–Crippen LogP) is 9.23. The Morgan fingerprint density at radius 3 is 1.25 bits per heavy atom. The maximum absolute atomic E-state index is 9.83. The summed E-state index contributed by atoms with van der Waals surface area (Å²) in [5.74, 6) is 1.37. The van der Waals surface area contributed by atoms with Crippen LogP contribution >= 0.6 is 7.92 Å². The molecule has 3 heteroatoms. The van der Waals surface area contributed by atoms with Crippen LogP contribution in [0.15, 0.2) is 0 Å². The molecular formula is C29H57NiOP. The number of rotatable bonds is 6. The van der Waals surface area contributed by atoms with E-state index in [-0.39, 0.29) is 37.4 Å². The van der Waals surface area contributed by atoms with Gasteiger partial charge in [-0.05, 0) is 115 Å². The van der Waals surface area contributed by atoms with Crippen molar-refractivity contribution in [1.82, 2.24) is 0 Å². The van der Waals surface area contributed by atoms with Crippen LogP contribution in [0.25, 0.3) is 0 Å². The molecule has 32 heavy (non-hydrogen) atoms. The molecule has 4 rings (SSSR count). The van der Waals surface area contributed by atoms with E-state index in [1.54, 1.807) is 96.3 Å². The largest absolute Gasteiger partial charge is 0.390 e. The van der Waals surface area contributed by atoms with Gasteiger partial charge in [0, 0.05) is 24.4 Å². The van der Waals surface area contributed by atoms with Crippen molar-refractivity contribution >= 4 is 7.92 Å². The molecule has 0 aromatic rings. The van der Waals surface area contributed by atoms with Gasteiger partial charge in [-0.1, -0.05) is 40.0 Å². The predicted molar refractivity (Wildman–Crippen MR) is 143 cm³/mol. The van der Waals surface area contributed by atoms with Crippen molar-refractivity contribution in [2.24, 2.45) is 11.8 Å². The number of hydrogen-bond donors (Lipinski definition) is 1. The third kappa shape index (κ3) is 9.50. The fourth-order valence-corrected chi connectivity index (χ4v) is 12.2. The van der Waals surface area contributed by atoms with Crippen LogP contribution in [-0.2, 0) is 16.5 Å². The Morgan fingerprint density at radius 1 is 0.656 bits per heavy atom. The Balaban J connectivity index is 0.000000342. The summed E-state index contributed by atoms with van der Waals surface area (Å²) in [6.45, 7) is 6.69. The average Bonchev–Trinajstić information content (AvgIpc) is 2.75. The van der Waals surface area contributed by atoms with Gasteiger partial charge in [0.05, 0.1) is 22.6 Å². The monoisotopic (exact) mass is 510 g/mol. The molecule has 0 unspecified atom stereocenters. The van der Waals surface area contributed by atoms with Gasteiger partial charge in [-0.3, -0.25) is 0 Å². The van der Waals surface area contributed by atoms with Gasteiger partial charge in [-0.25, -0.2) is 0 Å². The first-order valence-electron chi connectivity index (χ1n) is 14.1. The molecule has 1 nitrogen and oxygen atoms in total. The van der Waals surface area contributed by atoms with Gasteiger partial charge >= 0.3 is 0 Å². The summed E-state index contributed by atoms with van der Waals surface area (Å²) in [4.78, 5) is 0. The van der Waals surface area contributed by atoms with Gasteiger partial charge in [-0.2, -0.15) is 0 Å². The number of hydrogen-bond acceptors (Lipinski definition) is 1. The minimum Gasteiger partial charge on any atom is -0.390 e. The molecular weight excluding hydrogens is 454 g/mol. The topological polar surface area (TPSA) is 20.2 Å². The Kier molecular flexibility index (Phi) is 15.3. The third-order valence-corrected chi connectivity index (χ3v) is 13.9. The van der Waals surface area contributed by atoms with E-state index in [2.05, 4.69) is 20.8 Å². The molecule has 1 atom stereocenters. The van der Waals surface area contributed by atoms with Gasteiger partial charge in [0.15, 0.2) is 0 Å². The van der Waals surface area contributed by atoms with E-state index in [1.807, 2.05) is 0 Å². The van der Waals surface area contributed by atoms with Crippen LogP contribution in [0.2, 0.25) is 0 Å². The first-order chi connectivity index (χ1) is 14.5. The molecule has 0 heterocycles. The summed E-state index contributed by atoms with van der Waals surface area (Å²) < 4.78 is 0. The van der Waals surface area contributed by atoms with Crippen molar-refractivity contribution in [3.05, 3.63) is 7.43 Å². The second kappa shape index (κ2) is 15.8. The van der Waals surface area contributed by atoms with Crippen LogP contribution in [0.1, 0.15) is 143 Å². The molecule has 4 aliphatic rings. The Morgan fingerprint density at radius 2 is 1.00 bits per heavy atom. The summed E-state index contributed by atoms with van der Waals surface area (Å²) in [6.07, 6.45) is 28.1. The number of aliphatic hydroxyl groups is 1. The third-order valence-electron chi connectivity index (χ3n) is 9.35. The molecule has 0 spiro atoms. The van der Waals surface area contributed by atoms with E-state index in [0.717, 1.165) is 19.3 Å². The zero-order chi connectivity index (χ0) is 21.4. The fourth-order valence-electron chi connectivity index (χ4n) is 6.93. The van der Waals surface area contributed by atoms with Gasteiger partial charge in [0.2, 0.25) is 0 Å². The van der Waals surface area contributed by atoms with E-state index in [1.165, 1.54) is 23.4 Å². The van der Waals surface area contributed by atoms with E-state index < -0.39 is 0 Å². The molecule has 194 valence electrons. The maximum atomic E-state index is 9.83.